The maximum atomic E-state index is 12.3. The molecule has 0 radical (unpaired) electrons. The molecule has 0 aliphatic heterocycles. The van der Waals surface area contributed by atoms with Gasteiger partial charge in [-0.15, -0.1) is 34.8 Å². The van der Waals surface area contributed by atoms with Crippen molar-refractivity contribution in [3.63, 3.8) is 0 Å². The molecule has 0 spiro atoms. The molecule has 2 rings (SSSR count). The van der Waals surface area contributed by atoms with Crippen molar-refractivity contribution < 1.29 is 13.1 Å². The normalized spacial score (nSPS) is 27.8. The molecular weight excluding hydrogens is 321 g/mol. The van der Waals surface area contributed by atoms with Crippen molar-refractivity contribution in [2.45, 2.75) is 27.4 Å². The molecule has 4 nitrogen and oxygen atoms in total. The van der Waals surface area contributed by atoms with E-state index in [-0.39, 0.29) is 11.2 Å². The Hall–Kier alpha value is -0.230. The highest BCUT2D eigenvalue weighted by molar-refractivity contribution is 7.93. The van der Waals surface area contributed by atoms with Crippen LogP contribution in [0.5, 0.6) is 0 Å². The lowest BCUT2D eigenvalue weighted by Crippen LogP contribution is -2.38. The predicted molar refractivity (Wildman–Crippen MR) is 69.4 cm³/mol. The summed E-state index contributed by atoms with van der Waals surface area (Å²) >= 11 is 17.8. The fraction of sp³-hybridized carbons (Fsp3) is 0.500. The van der Waals surface area contributed by atoms with E-state index in [9.17, 15) is 13.6 Å². The topological polar surface area (TPSA) is 61.1 Å². The number of pyridine rings is 1. The van der Waals surface area contributed by atoms with Crippen molar-refractivity contribution in [2.24, 2.45) is 5.41 Å². The van der Waals surface area contributed by atoms with Crippen molar-refractivity contribution in [2.75, 3.05) is 0 Å². The maximum Gasteiger partial charge on any atom is 0.310 e. The molecule has 2 unspecified atom stereocenters. The molecule has 1 aliphatic carbocycles. The quantitative estimate of drug-likeness (QED) is 0.485. The summed E-state index contributed by atoms with van der Waals surface area (Å²) in [5, 5.41) is 11.1. The number of hydrogen-bond acceptors (Lipinski definition) is 3. The lowest BCUT2D eigenvalue weighted by molar-refractivity contribution is -0.646. The van der Waals surface area contributed by atoms with Gasteiger partial charge in [-0.2, -0.15) is 4.73 Å². The van der Waals surface area contributed by atoms with Gasteiger partial charge in [0, 0.05) is 17.5 Å². The third kappa shape index (κ3) is 1.97. The van der Waals surface area contributed by atoms with Crippen LogP contribution >= 0.6 is 34.8 Å². The van der Waals surface area contributed by atoms with E-state index in [1.807, 2.05) is 0 Å². The summed E-state index contributed by atoms with van der Waals surface area (Å²) in [5.41, 5.74) is -0.959. The molecule has 18 heavy (non-hydrogen) atoms. The molecule has 100 valence electrons. The molecule has 1 aromatic heterocycles. The number of nitrogens with zero attached hydrogens (tertiary/aromatic N) is 1. The van der Waals surface area contributed by atoms with E-state index in [2.05, 4.69) is 0 Å². The molecule has 1 heterocycles. The number of halogens is 3. The molecule has 0 aromatic carbocycles. The van der Waals surface area contributed by atoms with E-state index in [4.69, 9.17) is 34.8 Å². The van der Waals surface area contributed by atoms with Crippen molar-refractivity contribution in [3.8, 4) is 0 Å². The molecule has 1 fully saturated rings. The second-order valence-corrected chi connectivity index (χ2v) is 8.68. The summed E-state index contributed by atoms with van der Waals surface area (Å²) in [5.74, 6) is 0. The highest BCUT2D eigenvalue weighted by atomic mass is 35.5. The van der Waals surface area contributed by atoms with Crippen LogP contribution in [0.15, 0.2) is 29.4 Å². The second kappa shape index (κ2) is 4.13. The summed E-state index contributed by atoms with van der Waals surface area (Å²) in [4.78, 5) is 0. The minimum Gasteiger partial charge on any atom is -0.618 e. The monoisotopic (exact) mass is 329 g/mol. The Labute approximate surface area is 120 Å². The fourth-order valence-electron chi connectivity index (χ4n) is 1.74. The van der Waals surface area contributed by atoms with E-state index in [0.717, 1.165) is 6.20 Å². The number of aromatic nitrogens is 1. The molecule has 0 N–H and O–H groups in total. The van der Waals surface area contributed by atoms with Crippen LogP contribution in [0.3, 0.4) is 0 Å². The Kier molecular flexibility index (Phi) is 3.26. The minimum absolute atomic E-state index is 0.264. The predicted octanol–water partition coefficient (Wildman–Crippen LogP) is 2.24. The molecule has 1 aromatic rings. The van der Waals surface area contributed by atoms with Gasteiger partial charge in [-0.05, 0) is 12.5 Å². The van der Waals surface area contributed by atoms with Crippen molar-refractivity contribution in [3.05, 3.63) is 29.6 Å². The van der Waals surface area contributed by atoms with E-state index in [1.165, 1.54) is 18.2 Å². The van der Waals surface area contributed by atoms with Crippen LogP contribution in [0.4, 0.5) is 0 Å². The zero-order chi connectivity index (χ0) is 13.8. The molecular formula is C10H10Cl3NO3S. The van der Waals surface area contributed by atoms with Gasteiger partial charge in [0.15, 0.2) is 10.9 Å². The Morgan fingerprint density at radius 3 is 2.44 bits per heavy atom. The van der Waals surface area contributed by atoms with Crippen molar-refractivity contribution in [1.29, 1.82) is 0 Å². The van der Waals surface area contributed by atoms with Gasteiger partial charge in [0.25, 0.3) is 9.84 Å². The maximum absolute atomic E-state index is 12.3. The first kappa shape index (κ1) is 14.2. The number of hydrogen-bond donors (Lipinski definition) is 0. The molecule has 0 amide bonds. The first-order valence-electron chi connectivity index (χ1n) is 5.07. The molecule has 8 heteroatoms. The van der Waals surface area contributed by atoms with Gasteiger partial charge in [0.05, 0.1) is 0 Å². The largest absolute Gasteiger partial charge is 0.618 e. The van der Waals surface area contributed by atoms with Crippen LogP contribution in [-0.4, -0.2) is 17.5 Å². The van der Waals surface area contributed by atoms with Crippen LogP contribution in [0.1, 0.15) is 13.3 Å². The van der Waals surface area contributed by atoms with Crippen LogP contribution in [-0.2, 0) is 9.84 Å². The summed E-state index contributed by atoms with van der Waals surface area (Å²) in [6.07, 6.45) is 1.36. The van der Waals surface area contributed by atoms with E-state index in [0.29, 0.717) is 0 Å². The van der Waals surface area contributed by atoms with Gasteiger partial charge in [-0.25, -0.2) is 8.42 Å². The molecule has 2 atom stereocenters. The lowest BCUT2D eigenvalue weighted by atomic mass is 10.2. The van der Waals surface area contributed by atoms with E-state index < -0.39 is 29.3 Å². The van der Waals surface area contributed by atoms with Gasteiger partial charge < -0.3 is 5.21 Å². The zero-order valence-corrected chi connectivity index (χ0v) is 12.4. The van der Waals surface area contributed by atoms with Crippen LogP contribution in [0.25, 0.3) is 0 Å². The molecule has 0 bridgehead atoms. The number of rotatable bonds is 3. The van der Waals surface area contributed by atoms with Crippen molar-refractivity contribution in [1.82, 2.24) is 0 Å². The average Bonchev–Trinajstić information content (AvgIpc) is 2.78. The third-order valence-corrected chi connectivity index (χ3v) is 7.43. The first-order valence-corrected chi connectivity index (χ1v) is 7.81. The highest BCUT2D eigenvalue weighted by Gasteiger charge is 2.70. The average molecular weight is 331 g/mol. The number of sulfone groups is 1. The van der Waals surface area contributed by atoms with Gasteiger partial charge in [0.1, 0.15) is 4.33 Å². The molecule has 1 aliphatic rings. The first-order chi connectivity index (χ1) is 8.13. The standard InChI is InChI=1S/C10H10Cl3NO3S/c1-9(6-10(9,12)13)8(11)18(16,17)7-4-2-3-5-14(7)15/h2-5,8H,6H2,1H3. The molecule has 1 saturated carbocycles. The fourth-order valence-corrected chi connectivity index (χ4v) is 5.06. The van der Waals surface area contributed by atoms with Gasteiger partial charge in [-0.3, -0.25) is 0 Å². The van der Waals surface area contributed by atoms with E-state index >= 15 is 0 Å². The third-order valence-electron chi connectivity index (χ3n) is 3.15. The summed E-state index contributed by atoms with van der Waals surface area (Å²) in [7, 11) is -3.99. The van der Waals surface area contributed by atoms with E-state index in [1.54, 1.807) is 6.92 Å². The lowest BCUT2D eigenvalue weighted by Gasteiger charge is -2.18. The van der Waals surface area contributed by atoms with Gasteiger partial charge >= 0.3 is 5.03 Å². The summed E-state index contributed by atoms with van der Waals surface area (Å²) < 4.78 is 22.3. The van der Waals surface area contributed by atoms with Crippen LogP contribution < -0.4 is 4.73 Å². The SMILES string of the molecule is CC1(C(Cl)S(=O)(=O)c2cccc[n+]2[O-])CC1(Cl)Cl. The highest BCUT2D eigenvalue weighted by Crippen LogP contribution is 2.67. The smallest absolute Gasteiger partial charge is 0.310 e. The zero-order valence-electron chi connectivity index (χ0n) is 9.31. The second-order valence-electron chi connectivity index (χ2n) is 4.52. The Morgan fingerprint density at radius 1 is 1.44 bits per heavy atom. The number of alkyl halides is 3. The summed E-state index contributed by atoms with van der Waals surface area (Å²) in [6, 6.07) is 4.09. The van der Waals surface area contributed by atoms with Crippen LogP contribution in [0, 0.1) is 10.6 Å². The van der Waals surface area contributed by atoms with Gasteiger partial charge in [0.2, 0.25) is 0 Å². The Balaban J connectivity index is 2.43. The van der Waals surface area contributed by atoms with Gasteiger partial charge in [-0.1, -0.05) is 6.92 Å². The van der Waals surface area contributed by atoms with Crippen molar-refractivity contribution >= 4 is 44.6 Å². The van der Waals surface area contributed by atoms with Crippen LogP contribution in [0.2, 0.25) is 0 Å². The molecule has 0 saturated heterocycles. The summed E-state index contributed by atoms with van der Waals surface area (Å²) in [6.45, 7) is 1.58. The Morgan fingerprint density at radius 2 is 2.00 bits per heavy atom. The minimum atomic E-state index is -3.99. The Bertz CT molecular complexity index is 590.